The number of H-pyrrole nitrogens is 1. The Morgan fingerprint density at radius 2 is 2.33 bits per heavy atom. The molecule has 0 fully saturated rings. The van der Waals surface area contributed by atoms with Gasteiger partial charge in [0.25, 0.3) is 0 Å². The van der Waals surface area contributed by atoms with Crippen LogP contribution in [0.5, 0.6) is 0 Å². The molecule has 2 aromatic rings. The predicted molar refractivity (Wildman–Crippen MR) is 80.1 cm³/mol. The number of nitrogens with zero attached hydrogens (tertiary/aromatic N) is 1. The second kappa shape index (κ2) is 6.51. The van der Waals surface area contributed by atoms with Crippen molar-refractivity contribution in [1.29, 1.82) is 0 Å². The minimum absolute atomic E-state index is 0.171. The van der Waals surface area contributed by atoms with E-state index in [1.54, 1.807) is 24.6 Å². The average molecular weight is 308 g/mol. The van der Waals surface area contributed by atoms with Crippen LogP contribution < -0.4 is 11.1 Å². The smallest absolute Gasteiger partial charge is 0.354 e. The van der Waals surface area contributed by atoms with Crippen LogP contribution in [0, 0.1) is 0 Å². The molecule has 0 aliphatic carbocycles. The summed E-state index contributed by atoms with van der Waals surface area (Å²) in [6.45, 7) is 1.76. The topological polar surface area (TPSA) is 110 Å². The highest BCUT2D eigenvalue weighted by Gasteiger charge is 2.13. The molecule has 0 aliphatic rings. The quantitative estimate of drug-likeness (QED) is 0.727. The number of anilines is 1. The van der Waals surface area contributed by atoms with Gasteiger partial charge in [-0.15, -0.1) is 11.3 Å². The molecule has 0 radical (unpaired) electrons. The van der Waals surface area contributed by atoms with Gasteiger partial charge in [0.05, 0.1) is 12.8 Å². The molecule has 0 saturated carbocycles. The van der Waals surface area contributed by atoms with Crippen molar-refractivity contribution >= 4 is 28.3 Å². The summed E-state index contributed by atoms with van der Waals surface area (Å²) in [7, 11) is 1.32. The summed E-state index contributed by atoms with van der Waals surface area (Å²) in [4.78, 5) is 30.1. The third kappa shape index (κ3) is 3.89. The van der Waals surface area contributed by atoms with Gasteiger partial charge in [0, 0.05) is 29.6 Å². The molecule has 0 saturated heterocycles. The second-order valence-corrected chi connectivity index (χ2v) is 5.42. The van der Waals surface area contributed by atoms with Crippen molar-refractivity contribution < 1.29 is 14.3 Å². The number of hydrogen-bond acceptors (Lipinski definition) is 6. The van der Waals surface area contributed by atoms with Crippen molar-refractivity contribution in [3.63, 3.8) is 0 Å². The number of methoxy groups -OCH3 is 1. The molecule has 1 amide bonds. The van der Waals surface area contributed by atoms with Crippen molar-refractivity contribution in [3.8, 4) is 11.3 Å². The number of nitrogens with two attached hydrogens (primary N) is 1. The molecule has 112 valence electrons. The number of thiazole rings is 1. The maximum atomic E-state index is 11.6. The van der Waals surface area contributed by atoms with Gasteiger partial charge in [0.15, 0.2) is 5.13 Å². The Hall–Kier alpha value is -2.19. The molecule has 1 atom stereocenters. The zero-order valence-corrected chi connectivity index (χ0v) is 12.5. The van der Waals surface area contributed by atoms with Crippen LogP contribution in [-0.4, -0.2) is 35.0 Å². The molecular formula is C13H16N4O3S. The fourth-order valence-corrected chi connectivity index (χ4v) is 2.43. The molecule has 7 nitrogen and oxygen atoms in total. The number of rotatable bonds is 5. The summed E-state index contributed by atoms with van der Waals surface area (Å²) < 4.78 is 4.62. The van der Waals surface area contributed by atoms with Crippen LogP contribution in [0.1, 0.15) is 23.8 Å². The van der Waals surface area contributed by atoms with Gasteiger partial charge in [-0.2, -0.15) is 0 Å². The van der Waals surface area contributed by atoms with Crippen molar-refractivity contribution in [2.45, 2.75) is 19.4 Å². The van der Waals surface area contributed by atoms with E-state index in [1.807, 2.05) is 0 Å². The van der Waals surface area contributed by atoms with Gasteiger partial charge in [-0.25, -0.2) is 9.78 Å². The molecule has 21 heavy (non-hydrogen) atoms. The average Bonchev–Trinajstić information content (AvgIpc) is 3.05. The molecular weight excluding hydrogens is 292 g/mol. The first kappa shape index (κ1) is 15.2. The first-order valence-corrected chi connectivity index (χ1v) is 7.15. The van der Waals surface area contributed by atoms with Gasteiger partial charge in [-0.05, 0) is 13.0 Å². The number of nitrogens with one attached hydrogen (secondary N) is 2. The lowest BCUT2D eigenvalue weighted by atomic mass is 10.2. The molecule has 1 unspecified atom stereocenters. The summed E-state index contributed by atoms with van der Waals surface area (Å²) in [5.41, 5.74) is 7.33. The van der Waals surface area contributed by atoms with Gasteiger partial charge in [0.2, 0.25) is 5.91 Å². The standard InChI is InChI=1S/C13H16N4O3S/c1-7(14)3-11(18)17-13-16-10(6-21-13)8-4-9(15-5-8)12(19)20-2/h4-7,15H,3,14H2,1-2H3,(H,16,17,18). The number of esters is 1. The lowest BCUT2D eigenvalue weighted by Gasteiger charge is -2.03. The molecule has 0 aliphatic heterocycles. The van der Waals surface area contributed by atoms with E-state index in [1.165, 1.54) is 18.4 Å². The highest BCUT2D eigenvalue weighted by atomic mass is 32.1. The van der Waals surface area contributed by atoms with Crippen molar-refractivity contribution in [2.75, 3.05) is 12.4 Å². The lowest BCUT2D eigenvalue weighted by molar-refractivity contribution is -0.116. The lowest BCUT2D eigenvalue weighted by Crippen LogP contribution is -2.23. The van der Waals surface area contributed by atoms with E-state index in [0.717, 1.165) is 5.56 Å². The predicted octanol–water partition coefficient (Wildman–Crippen LogP) is 1.60. The van der Waals surface area contributed by atoms with E-state index in [0.29, 0.717) is 16.5 Å². The number of ether oxygens (including phenoxy) is 1. The highest BCUT2D eigenvalue weighted by molar-refractivity contribution is 7.14. The molecule has 0 bridgehead atoms. The van der Waals surface area contributed by atoms with Gasteiger partial charge in [0.1, 0.15) is 5.69 Å². The van der Waals surface area contributed by atoms with E-state index >= 15 is 0 Å². The Balaban J connectivity index is 2.07. The Kier molecular flexibility index (Phi) is 4.71. The van der Waals surface area contributed by atoms with Crippen LogP contribution in [0.4, 0.5) is 5.13 Å². The monoisotopic (exact) mass is 308 g/mol. The van der Waals surface area contributed by atoms with Crippen molar-refractivity contribution in [1.82, 2.24) is 9.97 Å². The minimum atomic E-state index is -0.443. The fraction of sp³-hybridized carbons (Fsp3) is 0.308. The molecule has 8 heteroatoms. The number of aromatic nitrogens is 2. The van der Waals surface area contributed by atoms with E-state index in [4.69, 9.17) is 5.73 Å². The van der Waals surface area contributed by atoms with E-state index in [-0.39, 0.29) is 18.4 Å². The van der Waals surface area contributed by atoms with Crippen LogP contribution in [0.3, 0.4) is 0 Å². The van der Waals surface area contributed by atoms with Crippen molar-refractivity contribution in [2.24, 2.45) is 5.73 Å². The van der Waals surface area contributed by atoms with Gasteiger partial charge < -0.3 is 20.8 Å². The highest BCUT2D eigenvalue weighted by Crippen LogP contribution is 2.25. The molecule has 2 heterocycles. The number of amides is 1. The first-order chi connectivity index (χ1) is 9.99. The fourth-order valence-electron chi connectivity index (χ4n) is 1.70. The van der Waals surface area contributed by atoms with Crippen LogP contribution in [-0.2, 0) is 9.53 Å². The summed E-state index contributed by atoms with van der Waals surface area (Å²) >= 11 is 1.31. The Morgan fingerprint density at radius 1 is 1.57 bits per heavy atom. The van der Waals surface area contributed by atoms with Crippen molar-refractivity contribution in [3.05, 3.63) is 23.3 Å². The van der Waals surface area contributed by atoms with Crippen LogP contribution in [0.2, 0.25) is 0 Å². The summed E-state index contributed by atoms with van der Waals surface area (Å²) in [6, 6.07) is 1.45. The Labute approximate surface area is 125 Å². The van der Waals surface area contributed by atoms with E-state index in [2.05, 4.69) is 20.0 Å². The number of carbonyl (C=O) groups excluding carboxylic acids is 2. The number of carbonyl (C=O) groups is 2. The largest absolute Gasteiger partial charge is 0.464 e. The maximum Gasteiger partial charge on any atom is 0.354 e. The third-order valence-electron chi connectivity index (χ3n) is 2.64. The second-order valence-electron chi connectivity index (χ2n) is 4.56. The van der Waals surface area contributed by atoms with Crippen LogP contribution in [0.15, 0.2) is 17.6 Å². The van der Waals surface area contributed by atoms with Crippen LogP contribution >= 0.6 is 11.3 Å². The number of aromatic amines is 1. The summed E-state index contributed by atoms with van der Waals surface area (Å²) in [6.07, 6.45) is 1.90. The molecule has 0 spiro atoms. The summed E-state index contributed by atoms with van der Waals surface area (Å²) in [5, 5.41) is 4.98. The third-order valence-corrected chi connectivity index (χ3v) is 3.40. The number of hydrogen-bond donors (Lipinski definition) is 3. The van der Waals surface area contributed by atoms with E-state index in [9.17, 15) is 9.59 Å². The maximum absolute atomic E-state index is 11.6. The zero-order valence-electron chi connectivity index (χ0n) is 11.7. The Bertz CT molecular complexity index is 647. The Morgan fingerprint density at radius 3 is 3.00 bits per heavy atom. The normalized spacial score (nSPS) is 12.0. The molecule has 2 aromatic heterocycles. The molecule has 0 aromatic carbocycles. The molecule has 2 rings (SSSR count). The van der Waals surface area contributed by atoms with Gasteiger partial charge >= 0.3 is 5.97 Å². The first-order valence-electron chi connectivity index (χ1n) is 6.27. The van der Waals surface area contributed by atoms with E-state index < -0.39 is 5.97 Å². The zero-order chi connectivity index (χ0) is 15.4. The molecule has 4 N–H and O–H groups in total. The minimum Gasteiger partial charge on any atom is -0.464 e. The van der Waals surface area contributed by atoms with Gasteiger partial charge in [-0.1, -0.05) is 0 Å². The van der Waals surface area contributed by atoms with Gasteiger partial charge in [-0.3, -0.25) is 4.79 Å². The summed E-state index contributed by atoms with van der Waals surface area (Å²) in [5.74, 6) is -0.614. The SMILES string of the molecule is COC(=O)c1cc(-c2csc(NC(=O)CC(C)N)n2)c[nH]1. The van der Waals surface area contributed by atoms with Crippen LogP contribution in [0.25, 0.3) is 11.3 Å².